The Morgan fingerprint density at radius 3 is 2.56 bits per heavy atom. The van der Waals surface area contributed by atoms with Crippen LogP contribution < -0.4 is 20.5 Å². The predicted octanol–water partition coefficient (Wildman–Crippen LogP) is 2.37. The first-order valence-electron chi connectivity index (χ1n) is 11.8. The molecule has 4 aromatic rings. The molecule has 0 bridgehead atoms. The molecule has 0 unspecified atom stereocenters. The van der Waals surface area contributed by atoms with Crippen molar-refractivity contribution in [3.8, 4) is 5.75 Å². The van der Waals surface area contributed by atoms with Crippen LogP contribution in [0.15, 0.2) is 52.7 Å². The summed E-state index contributed by atoms with van der Waals surface area (Å²) < 4.78 is 35.2. The highest BCUT2D eigenvalue weighted by Crippen LogP contribution is 2.33. The monoisotopic (exact) mass is 589 g/mol. The van der Waals surface area contributed by atoms with E-state index in [4.69, 9.17) is 16.3 Å². The molecule has 1 N–H and O–H groups in total. The van der Waals surface area contributed by atoms with Crippen LogP contribution in [0.4, 0.5) is 11.6 Å². The molecule has 1 aliphatic heterocycles. The van der Waals surface area contributed by atoms with E-state index in [-0.39, 0.29) is 29.9 Å². The van der Waals surface area contributed by atoms with Crippen LogP contribution in [0.3, 0.4) is 0 Å². The quantitative estimate of drug-likeness (QED) is 0.344. The Morgan fingerprint density at radius 1 is 1.15 bits per heavy atom. The van der Waals surface area contributed by atoms with Gasteiger partial charge in [0, 0.05) is 48.5 Å². The van der Waals surface area contributed by atoms with Gasteiger partial charge >= 0.3 is 0 Å². The van der Waals surface area contributed by atoms with E-state index in [1.807, 2.05) is 4.90 Å². The fraction of sp³-hybridized carbons (Fsp3) is 0.292. The fourth-order valence-corrected chi connectivity index (χ4v) is 7.63. The molecule has 1 aromatic carbocycles. The summed E-state index contributed by atoms with van der Waals surface area (Å²) in [5, 5.41) is 3.04. The molecule has 0 atom stereocenters. The third-order valence-corrected chi connectivity index (χ3v) is 9.67. The van der Waals surface area contributed by atoms with E-state index < -0.39 is 21.5 Å². The maximum Gasteiger partial charge on any atom is 0.263 e. The van der Waals surface area contributed by atoms with Gasteiger partial charge in [0.15, 0.2) is 0 Å². The number of rotatable bonds is 7. The van der Waals surface area contributed by atoms with Gasteiger partial charge in [-0.3, -0.25) is 14.2 Å². The van der Waals surface area contributed by atoms with Crippen LogP contribution in [0.5, 0.6) is 5.75 Å². The molecule has 0 aliphatic carbocycles. The largest absolute Gasteiger partial charge is 0.495 e. The van der Waals surface area contributed by atoms with Gasteiger partial charge in [-0.2, -0.15) is 4.31 Å². The molecule has 1 amide bonds. The lowest BCUT2D eigenvalue weighted by Crippen LogP contribution is -2.49. The number of ether oxygens (including phenoxy) is 1. The second-order valence-corrected chi connectivity index (χ2v) is 12.2. The number of fused-ring (bicyclic) bond motifs is 1. The number of benzene rings is 1. The van der Waals surface area contributed by atoms with Crippen LogP contribution in [0.2, 0.25) is 5.02 Å². The molecule has 1 fully saturated rings. The van der Waals surface area contributed by atoms with Gasteiger partial charge < -0.3 is 15.0 Å². The lowest BCUT2D eigenvalue weighted by atomic mass is 10.3. The summed E-state index contributed by atoms with van der Waals surface area (Å²) >= 11 is 7.16. The summed E-state index contributed by atoms with van der Waals surface area (Å²) in [6, 6.07) is 6.47. The summed E-state index contributed by atoms with van der Waals surface area (Å²) in [5.41, 5.74) is -0.278. The van der Waals surface area contributed by atoms with Gasteiger partial charge in [-0.05, 0) is 31.2 Å². The third-order valence-electron chi connectivity index (χ3n) is 6.22. The van der Waals surface area contributed by atoms with Crippen LogP contribution >= 0.6 is 22.9 Å². The van der Waals surface area contributed by atoms with E-state index in [1.165, 1.54) is 23.8 Å². The number of hydrogen-bond donors (Lipinski definition) is 1. The summed E-state index contributed by atoms with van der Waals surface area (Å²) in [6.45, 7) is 2.47. The molecule has 39 heavy (non-hydrogen) atoms. The number of nitrogens with zero attached hydrogens (tertiary/aromatic N) is 6. The molecule has 3 aromatic heterocycles. The van der Waals surface area contributed by atoms with Gasteiger partial charge in [0.1, 0.15) is 22.0 Å². The first kappa shape index (κ1) is 27.0. The van der Waals surface area contributed by atoms with Crippen LogP contribution in [0.1, 0.15) is 4.88 Å². The smallest absolute Gasteiger partial charge is 0.263 e. The van der Waals surface area contributed by atoms with E-state index in [9.17, 15) is 18.0 Å². The van der Waals surface area contributed by atoms with Gasteiger partial charge in [-0.25, -0.2) is 23.4 Å². The summed E-state index contributed by atoms with van der Waals surface area (Å²) in [6.07, 6.45) is 4.51. The Morgan fingerprint density at radius 2 is 1.87 bits per heavy atom. The average molecular weight is 590 g/mol. The number of carbonyl (C=O) groups excluding carboxylic acids is 1. The highest BCUT2D eigenvalue weighted by atomic mass is 35.5. The first-order chi connectivity index (χ1) is 18.7. The minimum Gasteiger partial charge on any atom is -0.495 e. The number of amides is 1. The molecule has 0 saturated carbocycles. The Kier molecular flexibility index (Phi) is 7.53. The highest BCUT2D eigenvalue weighted by molar-refractivity contribution is 7.89. The molecule has 12 nitrogen and oxygen atoms in total. The average Bonchev–Trinajstić information content (AvgIpc) is 3.28. The number of aryl methyl sites for hydroxylation is 1. The number of carbonyl (C=O) groups is 1. The Hall–Kier alpha value is -3.59. The lowest BCUT2D eigenvalue weighted by Gasteiger charge is -2.33. The molecule has 15 heteroatoms. The van der Waals surface area contributed by atoms with Crippen LogP contribution in [0, 0.1) is 6.92 Å². The Labute approximate surface area is 232 Å². The van der Waals surface area contributed by atoms with Crippen LogP contribution in [-0.4, -0.2) is 71.4 Å². The van der Waals surface area contributed by atoms with E-state index >= 15 is 0 Å². The number of nitrogens with one attached hydrogen (secondary N) is 1. The third kappa shape index (κ3) is 5.32. The number of sulfonamides is 1. The number of halogens is 1. The summed E-state index contributed by atoms with van der Waals surface area (Å²) in [4.78, 5) is 41.6. The van der Waals surface area contributed by atoms with E-state index in [2.05, 4.69) is 20.3 Å². The topological polar surface area (TPSA) is 140 Å². The van der Waals surface area contributed by atoms with Crippen molar-refractivity contribution in [3.05, 3.63) is 63.2 Å². The maximum absolute atomic E-state index is 13.8. The summed E-state index contributed by atoms with van der Waals surface area (Å²) in [5.74, 6) is 0.399. The fourth-order valence-electron chi connectivity index (χ4n) is 4.37. The van der Waals surface area contributed by atoms with Crippen molar-refractivity contribution in [1.29, 1.82) is 0 Å². The molecule has 4 heterocycles. The second-order valence-electron chi connectivity index (χ2n) is 8.68. The van der Waals surface area contributed by atoms with Crippen molar-refractivity contribution >= 4 is 60.7 Å². The standard InChI is InChI=1S/C24H24ClN7O5S2/c1-15-21(39(35,36)32-10-8-30(9-11-32)24-26-6-3-7-27-24)20-22(38-15)28-14-31(23(20)34)13-19(33)29-17-12-16(25)4-5-18(17)37-2/h3-7,12,14H,8-11,13H2,1-2H3,(H,29,33). The Bertz CT molecular complexity index is 1700. The molecular formula is C24H24ClN7O5S2. The van der Waals surface area contributed by atoms with Crippen molar-refractivity contribution in [1.82, 2.24) is 23.8 Å². The van der Waals surface area contributed by atoms with Crippen molar-refractivity contribution in [2.75, 3.05) is 43.5 Å². The van der Waals surface area contributed by atoms with Crippen molar-refractivity contribution in [3.63, 3.8) is 0 Å². The van der Waals surface area contributed by atoms with Gasteiger partial charge in [-0.1, -0.05) is 11.6 Å². The number of piperazine rings is 1. The minimum absolute atomic E-state index is 0.0260. The molecule has 204 valence electrons. The molecular weight excluding hydrogens is 566 g/mol. The Balaban J connectivity index is 1.41. The molecule has 1 aliphatic rings. The molecule has 5 rings (SSSR count). The van der Waals surface area contributed by atoms with E-state index in [0.29, 0.717) is 45.2 Å². The molecule has 1 saturated heterocycles. The van der Waals surface area contributed by atoms with Crippen LogP contribution in [0.25, 0.3) is 10.2 Å². The van der Waals surface area contributed by atoms with E-state index in [0.717, 1.165) is 15.9 Å². The van der Waals surface area contributed by atoms with E-state index in [1.54, 1.807) is 37.5 Å². The number of aromatic nitrogens is 4. The van der Waals surface area contributed by atoms with Gasteiger partial charge in [0.05, 0.1) is 24.5 Å². The van der Waals surface area contributed by atoms with Crippen molar-refractivity contribution < 1.29 is 17.9 Å². The summed E-state index contributed by atoms with van der Waals surface area (Å²) in [7, 11) is -2.56. The lowest BCUT2D eigenvalue weighted by molar-refractivity contribution is -0.116. The first-order valence-corrected chi connectivity index (χ1v) is 14.5. The minimum atomic E-state index is -4.02. The maximum atomic E-state index is 13.8. The second kappa shape index (κ2) is 10.9. The van der Waals surface area contributed by atoms with Gasteiger partial charge in [-0.15, -0.1) is 11.3 Å². The number of thiophene rings is 1. The zero-order chi connectivity index (χ0) is 27.7. The normalized spacial score (nSPS) is 14.5. The SMILES string of the molecule is COc1ccc(Cl)cc1NC(=O)Cn1cnc2sc(C)c(S(=O)(=O)N3CCN(c4ncccn4)CC3)c2c1=O. The van der Waals surface area contributed by atoms with Gasteiger partial charge in [0.2, 0.25) is 21.9 Å². The zero-order valence-electron chi connectivity index (χ0n) is 21.0. The number of anilines is 2. The van der Waals surface area contributed by atoms with Crippen molar-refractivity contribution in [2.24, 2.45) is 0 Å². The van der Waals surface area contributed by atoms with Crippen molar-refractivity contribution in [2.45, 2.75) is 18.4 Å². The van der Waals surface area contributed by atoms with Gasteiger partial charge in [0.25, 0.3) is 5.56 Å². The molecule has 0 radical (unpaired) electrons. The highest BCUT2D eigenvalue weighted by Gasteiger charge is 2.34. The van der Waals surface area contributed by atoms with Crippen LogP contribution in [-0.2, 0) is 21.4 Å². The zero-order valence-corrected chi connectivity index (χ0v) is 23.4. The number of methoxy groups -OCH3 is 1. The number of hydrogen-bond acceptors (Lipinski definition) is 10. The molecule has 0 spiro atoms. The predicted molar refractivity (Wildman–Crippen MR) is 148 cm³/mol.